The third-order valence-electron chi connectivity index (χ3n) is 3.88. The topological polar surface area (TPSA) is 71.2 Å². The minimum absolute atomic E-state index is 0.0903. The van der Waals surface area contributed by atoms with Crippen LogP contribution in [0, 0.1) is 0 Å². The van der Waals surface area contributed by atoms with Crippen LogP contribution in [0.25, 0.3) is 0 Å². The number of nitrogens with one attached hydrogen (secondary N) is 1. The van der Waals surface area contributed by atoms with Crippen molar-refractivity contribution in [1.82, 2.24) is 4.98 Å². The van der Waals surface area contributed by atoms with Gasteiger partial charge in [-0.2, -0.15) is 0 Å². The lowest BCUT2D eigenvalue weighted by molar-refractivity contribution is -0.116. The molecule has 0 radical (unpaired) electrons. The summed E-state index contributed by atoms with van der Waals surface area (Å²) < 4.78 is 0. The van der Waals surface area contributed by atoms with Crippen molar-refractivity contribution in [2.24, 2.45) is 5.73 Å². The van der Waals surface area contributed by atoms with E-state index in [0.29, 0.717) is 30.9 Å². The average Bonchev–Trinajstić information content (AvgIpc) is 2.40. The van der Waals surface area contributed by atoms with Crippen molar-refractivity contribution in [3.8, 4) is 0 Å². The lowest BCUT2D eigenvalue weighted by Crippen LogP contribution is -2.43. The molecule has 110 valence electrons. The smallest absolute Gasteiger partial charge is 0.226 e. The lowest BCUT2D eigenvalue weighted by Gasteiger charge is -2.40. The van der Waals surface area contributed by atoms with Gasteiger partial charge in [-0.05, 0) is 45.2 Å². The second-order valence-electron chi connectivity index (χ2n) is 5.52. The van der Waals surface area contributed by atoms with Crippen molar-refractivity contribution in [3.63, 3.8) is 0 Å². The number of nitrogens with zero attached hydrogens (tertiary/aromatic N) is 2. The van der Waals surface area contributed by atoms with Gasteiger partial charge < -0.3 is 16.0 Å². The number of piperidine rings is 1. The summed E-state index contributed by atoms with van der Waals surface area (Å²) in [7, 11) is 0. The van der Waals surface area contributed by atoms with Crippen LogP contribution in [-0.2, 0) is 4.79 Å². The van der Waals surface area contributed by atoms with E-state index in [4.69, 9.17) is 5.73 Å². The number of hydrogen-bond acceptors (Lipinski definition) is 4. The summed E-state index contributed by atoms with van der Waals surface area (Å²) in [4.78, 5) is 18.2. The van der Waals surface area contributed by atoms with E-state index >= 15 is 0 Å². The zero-order chi connectivity index (χ0) is 14.5. The summed E-state index contributed by atoms with van der Waals surface area (Å²) in [6.07, 6.45) is 5.90. The molecule has 0 saturated carbocycles. The molecular formula is C15H24N4O. The molecule has 0 aliphatic carbocycles. The highest BCUT2D eigenvalue weighted by atomic mass is 16.1. The number of aromatic nitrogens is 1. The van der Waals surface area contributed by atoms with E-state index in [1.165, 1.54) is 19.3 Å². The van der Waals surface area contributed by atoms with Crippen molar-refractivity contribution in [1.29, 1.82) is 0 Å². The molecule has 3 N–H and O–H groups in total. The molecule has 0 bridgehead atoms. The molecule has 1 aliphatic heterocycles. The third-order valence-corrected chi connectivity index (χ3v) is 3.88. The van der Waals surface area contributed by atoms with Crippen molar-refractivity contribution in [2.75, 3.05) is 16.8 Å². The molecule has 20 heavy (non-hydrogen) atoms. The summed E-state index contributed by atoms with van der Waals surface area (Å²) in [6.45, 7) is 4.87. The van der Waals surface area contributed by atoms with Crippen LogP contribution < -0.4 is 16.0 Å². The zero-order valence-electron chi connectivity index (χ0n) is 12.3. The maximum Gasteiger partial charge on any atom is 0.226 e. The van der Waals surface area contributed by atoms with Crippen molar-refractivity contribution in [2.45, 2.75) is 51.6 Å². The highest BCUT2D eigenvalue weighted by Gasteiger charge is 2.24. The Bertz CT molecular complexity index is 436. The van der Waals surface area contributed by atoms with Crippen LogP contribution in [0.15, 0.2) is 18.3 Å². The van der Waals surface area contributed by atoms with Gasteiger partial charge in [-0.3, -0.25) is 4.79 Å². The van der Waals surface area contributed by atoms with Gasteiger partial charge in [-0.15, -0.1) is 0 Å². The van der Waals surface area contributed by atoms with Crippen LogP contribution in [0.4, 0.5) is 11.5 Å². The molecule has 0 spiro atoms. The number of amides is 1. The summed E-state index contributed by atoms with van der Waals surface area (Å²) in [5, 5.41) is 2.75. The number of hydrogen-bond donors (Lipinski definition) is 2. The fourth-order valence-electron chi connectivity index (χ4n) is 2.88. The van der Waals surface area contributed by atoms with Gasteiger partial charge in [0.25, 0.3) is 0 Å². The van der Waals surface area contributed by atoms with Crippen molar-refractivity contribution >= 4 is 17.4 Å². The minimum Gasteiger partial charge on any atom is -0.365 e. The number of pyridine rings is 1. The Morgan fingerprint density at radius 3 is 2.65 bits per heavy atom. The molecule has 0 aromatic carbocycles. The standard InChI is InChI=1S/C15H24N4O/c1-11-4-3-5-12(2)19(11)13-6-7-14(17-10-13)18-15(20)8-9-16/h6-7,10-12H,3-5,8-9,16H2,1-2H3,(H,17,18,20). The summed E-state index contributed by atoms with van der Waals surface area (Å²) in [6, 6.07) is 4.97. The monoisotopic (exact) mass is 276 g/mol. The highest BCUT2D eigenvalue weighted by molar-refractivity contribution is 5.89. The SMILES string of the molecule is CC1CCCC(C)N1c1ccc(NC(=O)CCN)nc1. The number of rotatable bonds is 4. The summed E-state index contributed by atoms with van der Waals surface area (Å²) >= 11 is 0. The largest absolute Gasteiger partial charge is 0.365 e. The van der Waals surface area contributed by atoms with Gasteiger partial charge in [0.05, 0.1) is 11.9 Å². The Balaban J connectivity index is 2.05. The first-order valence-electron chi connectivity index (χ1n) is 7.36. The summed E-state index contributed by atoms with van der Waals surface area (Å²) in [5.74, 6) is 0.497. The van der Waals surface area contributed by atoms with Gasteiger partial charge in [-0.1, -0.05) is 0 Å². The van der Waals surface area contributed by atoms with E-state index in [9.17, 15) is 4.79 Å². The Kier molecular flexibility index (Phi) is 4.95. The van der Waals surface area contributed by atoms with Crippen LogP contribution in [-0.4, -0.2) is 29.5 Å². The minimum atomic E-state index is -0.0903. The van der Waals surface area contributed by atoms with Crippen molar-refractivity contribution < 1.29 is 4.79 Å². The quantitative estimate of drug-likeness (QED) is 0.884. The van der Waals surface area contributed by atoms with Crippen LogP contribution in [0.3, 0.4) is 0 Å². The first kappa shape index (κ1) is 14.8. The molecule has 1 amide bonds. The van der Waals surface area contributed by atoms with Crippen LogP contribution in [0.2, 0.25) is 0 Å². The van der Waals surface area contributed by atoms with E-state index in [1.54, 1.807) is 0 Å². The predicted octanol–water partition coefficient (Wildman–Crippen LogP) is 2.14. The molecule has 2 heterocycles. The van der Waals surface area contributed by atoms with Gasteiger partial charge in [-0.25, -0.2) is 4.98 Å². The van der Waals surface area contributed by atoms with Crippen LogP contribution in [0.1, 0.15) is 39.5 Å². The Hall–Kier alpha value is -1.62. The van der Waals surface area contributed by atoms with Gasteiger partial charge in [0, 0.05) is 25.0 Å². The maximum atomic E-state index is 11.5. The molecular weight excluding hydrogens is 252 g/mol. The second-order valence-corrected chi connectivity index (χ2v) is 5.52. The van der Waals surface area contributed by atoms with E-state index in [2.05, 4.69) is 29.0 Å². The molecule has 1 fully saturated rings. The molecule has 1 aromatic heterocycles. The van der Waals surface area contributed by atoms with Crippen LogP contribution >= 0.6 is 0 Å². The Labute approximate surface area is 120 Å². The number of anilines is 2. The van der Waals surface area contributed by atoms with Crippen molar-refractivity contribution in [3.05, 3.63) is 18.3 Å². The summed E-state index contributed by atoms with van der Waals surface area (Å²) in [5.41, 5.74) is 6.47. The molecule has 1 aliphatic rings. The van der Waals surface area contributed by atoms with Crippen LogP contribution in [0.5, 0.6) is 0 Å². The highest BCUT2D eigenvalue weighted by Crippen LogP contribution is 2.28. The molecule has 5 nitrogen and oxygen atoms in total. The Morgan fingerprint density at radius 1 is 1.40 bits per heavy atom. The molecule has 5 heteroatoms. The van der Waals surface area contributed by atoms with E-state index in [0.717, 1.165) is 5.69 Å². The fraction of sp³-hybridized carbons (Fsp3) is 0.600. The van der Waals surface area contributed by atoms with E-state index < -0.39 is 0 Å². The van der Waals surface area contributed by atoms with Gasteiger partial charge >= 0.3 is 0 Å². The molecule has 1 saturated heterocycles. The van der Waals surface area contributed by atoms with E-state index in [-0.39, 0.29) is 5.91 Å². The molecule has 2 atom stereocenters. The predicted molar refractivity (Wildman–Crippen MR) is 81.8 cm³/mol. The second kappa shape index (κ2) is 6.70. The lowest BCUT2D eigenvalue weighted by atomic mass is 9.97. The first-order chi connectivity index (χ1) is 9.61. The normalized spacial score (nSPS) is 22.6. The number of carbonyl (C=O) groups excluding carboxylic acids is 1. The van der Waals surface area contributed by atoms with Gasteiger partial charge in [0.2, 0.25) is 5.91 Å². The number of carbonyl (C=O) groups is 1. The van der Waals surface area contributed by atoms with Gasteiger partial charge in [0.1, 0.15) is 5.82 Å². The van der Waals surface area contributed by atoms with Gasteiger partial charge in [0.15, 0.2) is 0 Å². The number of nitrogens with two attached hydrogens (primary N) is 1. The first-order valence-corrected chi connectivity index (χ1v) is 7.36. The molecule has 2 rings (SSSR count). The Morgan fingerprint density at radius 2 is 2.10 bits per heavy atom. The maximum absolute atomic E-state index is 11.5. The zero-order valence-corrected chi connectivity index (χ0v) is 12.3. The third kappa shape index (κ3) is 3.48. The fourth-order valence-corrected chi connectivity index (χ4v) is 2.88. The molecule has 2 unspecified atom stereocenters. The van der Waals surface area contributed by atoms with E-state index in [1.807, 2.05) is 18.3 Å². The average molecular weight is 276 g/mol. The molecule has 1 aromatic rings.